The first-order valence-corrected chi connectivity index (χ1v) is 9.81. The summed E-state index contributed by atoms with van der Waals surface area (Å²) in [7, 11) is 0. The summed E-state index contributed by atoms with van der Waals surface area (Å²) in [5.74, 6) is 1.61. The van der Waals surface area contributed by atoms with Crippen molar-refractivity contribution in [2.75, 3.05) is 19.1 Å². The molecule has 0 atom stereocenters. The number of carbonyl (C=O) groups is 1. The summed E-state index contributed by atoms with van der Waals surface area (Å²) in [6.07, 6.45) is 3.81. The van der Waals surface area contributed by atoms with Crippen LogP contribution < -0.4 is 20.5 Å². The van der Waals surface area contributed by atoms with Gasteiger partial charge in [0, 0.05) is 29.7 Å². The Labute approximate surface area is 174 Å². The van der Waals surface area contributed by atoms with E-state index in [-0.39, 0.29) is 6.79 Å². The number of aromatic nitrogens is 6. The molecule has 3 aromatic heterocycles. The molecule has 152 valence electrons. The normalized spacial score (nSPS) is 12.4. The smallest absolute Gasteiger partial charge is 0.231 e. The fraction of sp³-hybridized carbons (Fsp3) is 0.167. The lowest BCUT2D eigenvalue weighted by Gasteiger charge is -2.11. The van der Waals surface area contributed by atoms with Gasteiger partial charge in [0.15, 0.2) is 33.6 Å². The Morgan fingerprint density at radius 2 is 2.17 bits per heavy atom. The first-order chi connectivity index (χ1) is 14.7. The Hall–Kier alpha value is -3.80. The fourth-order valence-corrected chi connectivity index (χ4v) is 4.23. The molecule has 0 fully saturated rings. The van der Waals surface area contributed by atoms with Gasteiger partial charge in [-0.2, -0.15) is 5.10 Å². The van der Waals surface area contributed by atoms with Crippen LogP contribution in [0.25, 0.3) is 22.4 Å². The van der Waals surface area contributed by atoms with Gasteiger partial charge < -0.3 is 25.1 Å². The summed E-state index contributed by atoms with van der Waals surface area (Å²) >= 11 is 1.42. The van der Waals surface area contributed by atoms with Gasteiger partial charge in [-0.25, -0.2) is 15.0 Å². The van der Waals surface area contributed by atoms with Crippen molar-refractivity contribution in [3.8, 4) is 22.8 Å². The summed E-state index contributed by atoms with van der Waals surface area (Å²) < 4.78 is 13.0. The highest BCUT2D eigenvalue weighted by Crippen LogP contribution is 2.44. The van der Waals surface area contributed by atoms with Crippen LogP contribution in [0.1, 0.15) is 0 Å². The monoisotopic (exact) mass is 424 g/mol. The lowest BCUT2D eigenvalue weighted by molar-refractivity contribution is -0.109. The third-order valence-corrected chi connectivity index (χ3v) is 5.59. The van der Waals surface area contributed by atoms with E-state index in [0.29, 0.717) is 53.1 Å². The van der Waals surface area contributed by atoms with E-state index in [1.54, 1.807) is 6.20 Å². The third kappa shape index (κ3) is 3.16. The lowest BCUT2D eigenvalue weighted by atomic mass is 10.1. The van der Waals surface area contributed by atoms with Crippen LogP contribution in [0.5, 0.6) is 11.5 Å². The highest BCUT2D eigenvalue weighted by molar-refractivity contribution is 7.99. The van der Waals surface area contributed by atoms with Crippen molar-refractivity contribution in [3.05, 3.63) is 30.7 Å². The predicted octanol–water partition coefficient (Wildman–Crippen LogP) is 1.42. The molecule has 12 heteroatoms. The predicted molar refractivity (Wildman–Crippen MR) is 108 cm³/mol. The van der Waals surface area contributed by atoms with Crippen LogP contribution in [0.4, 0.5) is 5.82 Å². The van der Waals surface area contributed by atoms with E-state index >= 15 is 0 Å². The summed E-state index contributed by atoms with van der Waals surface area (Å²) in [6.45, 7) is 1.06. The number of imidazole rings is 1. The zero-order chi connectivity index (χ0) is 20.5. The second-order valence-electron chi connectivity index (χ2n) is 6.31. The molecular formula is C18H16N8O3S. The molecule has 4 N–H and O–H groups in total. The molecule has 30 heavy (non-hydrogen) atoms. The second-order valence-corrected chi connectivity index (χ2v) is 7.32. The van der Waals surface area contributed by atoms with E-state index in [0.717, 1.165) is 16.2 Å². The summed E-state index contributed by atoms with van der Waals surface area (Å²) in [5, 5.41) is 10.4. The maximum Gasteiger partial charge on any atom is 0.231 e. The summed E-state index contributed by atoms with van der Waals surface area (Å²) in [4.78, 5) is 24.6. The van der Waals surface area contributed by atoms with E-state index in [1.807, 2.05) is 22.8 Å². The number of hydrogen-bond donors (Lipinski definition) is 3. The molecule has 4 heterocycles. The van der Waals surface area contributed by atoms with Crippen LogP contribution in [0, 0.1) is 0 Å². The molecule has 0 saturated carbocycles. The van der Waals surface area contributed by atoms with E-state index < -0.39 is 0 Å². The zero-order valence-corrected chi connectivity index (χ0v) is 16.3. The lowest BCUT2D eigenvalue weighted by Crippen LogP contribution is -2.18. The molecule has 1 aliphatic rings. The standard InChI is InChI=1S/C18H16N8O3S/c19-16-15-17(22-7-21-16)26(4-3-20-8-27)18(24-15)30-14-6-13-12(28-9-29-13)5-10(14)11-1-2-23-25-11/h1-2,5-8H,3-4,9H2,(H,20,27)(H,23,25)(H2,19,21,22). The van der Waals surface area contributed by atoms with Gasteiger partial charge in [-0.3, -0.25) is 9.89 Å². The Balaban J connectivity index is 1.61. The van der Waals surface area contributed by atoms with Crippen molar-refractivity contribution in [1.82, 2.24) is 35.0 Å². The number of aromatic amines is 1. The Morgan fingerprint density at radius 1 is 1.30 bits per heavy atom. The molecule has 4 aromatic rings. The van der Waals surface area contributed by atoms with Gasteiger partial charge >= 0.3 is 0 Å². The molecule has 1 aromatic carbocycles. The van der Waals surface area contributed by atoms with Crippen LogP contribution in [-0.2, 0) is 11.3 Å². The van der Waals surface area contributed by atoms with Gasteiger partial charge in [0.2, 0.25) is 13.2 Å². The van der Waals surface area contributed by atoms with Crippen LogP contribution in [-0.4, -0.2) is 49.5 Å². The van der Waals surface area contributed by atoms with Crippen LogP contribution >= 0.6 is 11.8 Å². The number of nitrogens with one attached hydrogen (secondary N) is 2. The number of hydrogen-bond acceptors (Lipinski definition) is 9. The van der Waals surface area contributed by atoms with Gasteiger partial charge in [0.25, 0.3) is 0 Å². The minimum Gasteiger partial charge on any atom is -0.454 e. The van der Waals surface area contributed by atoms with Crippen molar-refractivity contribution < 1.29 is 14.3 Å². The highest BCUT2D eigenvalue weighted by atomic mass is 32.2. The van der Waals surface area contributed by atoms with Gasteiger partial charge in [0.1, 0.15) is 6.33 Å². The number of anilines is 1. The molecule has 0 radical (unpaired) electrons. The Kier molecular flexibility index (Phi) is 4.59. The number of H-pyrrole nitrogens is 1. The number of rotatable bonds is 7. The topological polar surface area (TPSA) is 146 Å². The number of fused-ring (bicyclic) bond motifs is 2. The SMILES string of the molecule is Nc1ncnc2c1nc(Sc1cc3c(cc1-c1cc[nH]n1)OCO3)n2CCNC=O. The molecule has 0 unspecified atom stereocenters. The fourth-order valence-electron chi connectivity index (χ4n) is 3.17. The van der Waals surface area contributed by atoms with Gasteiger partial charge in [0.05, 0.1) is 5.69 Å². The quantitative estimate of drug-likeness (QED) is 0.296. The van der Waals surface area contributed by atoms with Crippen molar-refractivity contribution in [2.45, 2.75) is 16.6 Å². The largest absolute Gasteiger partial charge is 0.454 e. The number of amides is 1. The number of benzene rings is 1. The third-order valence-electron chi connectivity index (χ3n) is 4.54. The maximum absolute atomic E-state index is 10.7. The van der Waals surface area contributed by atoms with Gasteiger partial charge in [-0.15, -0.1) is 0 Å². The van der Waals surface area contributed by atoms with Gasteiger partial charge in [-0.1, -0.05) is 11.8 Å². The zero-order valence-electron chi connectivity index (χ0n) is 15.5. The van der Waals surface area contributed by atoms with E-state index in [9.17, 15) is 4.79 Å². The van der Waals surface area contributed by atoms with Crippen molar-refractivity contribution in [3.63, 3.8) is 0 Å². The summed E-state index contributed by atoms with van der Waals surface area (Å²) in [6, 6.07) is 5.68. The van der Waals surface area contributed by atoms with Gasteiger partial charge in [-0.05, 0) is 18.2 Å². The number of carbonyl (C=O) groups excluding carboxylic acids is 1. The average Bonchev–Trinajstić information content (AvgIpc) is 3.48. The molecular weight excluding hydrogens is 408 g/mol. The molecule has 5 rings (SSSR count). The number of nitrogens with zero attached hydrogens (tertiary/aromatic N) is 5. The molecule has 0 bridgehead atoms. The van der Waals surface area contributed by atoms with E-state index in [4.69, 9.17) is 15.2 Å². The highest BCUT2D eigenvalue weighted by Gasteiger charge is 2.22. The maximum atomic E-state index is 10.7. The Morgan fingerprint density at radius 3 is 2.97 bits per heavy atom. The minimum absolute atomic E-state index is 0.172. The molecule has 11 nitrogen and oxygen atoms in total. The summed E-state index contributed by atoms with van der Waals surface area (Å²) in [5.41, 5.74) is 8.75. The van der Waals surface area contributed by atoms with Crippen LogP contribution in [0.15, 0.2) is 40.8 Å². The molecule has 1 amide bonds. The molecule has 0 spiro atoms. The van der Waals surface area contributed by atoms with Crippen molar-refractivity contribution in [2.24, 2.45) is 0 Å². The van der Waals surface area contributed by atoms with Crippen molar-refractivity contribution in [1.29, 1.82) is 0 Å². The molecule has 0 aliphatic carbocycles. The van der Waals surface area contributed by atoms with E-state index in [1.165, 1.54) is 18.1 Å². The minimum atomic E-state index is 0.172. The first-order valence-electron chi connectivity index (χ1n) is 9.00. The number of nitrogens with two attached hydrogens (primary N) is 1. The second kappa shape index (κ2) is 7.55. The molecule has 0 saturated heterocycles. The first kappa shape index (κ1) is 18.2. The number of ether oxygens (including phenoxy) is 2. The van der Waals surface area contributed by atoms with Crippen LogP contribution in [0.2, 0.25) is 0 Å². The average molecular weight is 424 g/mol. The number of nitrogen functional groups attached to an aromatic ring is 1. The Bertz CT molecular complexity index is 1220. The van der Waals surface area contributed by atoms with E-state index in [2.05, 4.69) is 30.5 Å². The van der Waals surface area contributed by atoms with Crippen molar-refractivity contribution >= 4 is 35.2 Å². The molecule has 1 aliphatic heterocycles. The van der Waals surface area contributed by atoms with Crippen LogP contribution in [0.3, 0.4) is 0 Å².